The molecule has 7 nitrogen and oxygen atoms in total. The van der Waals surface area contributed by atoms with Crippen LogP contribution in [0.4, 0.5) is 14.6 Å². The number of alkyl halides is 2. The smallest absolute Gasteiger partial charge is 0.387 e. The summed E-state index contributed by atoms with van der Waals surface area (Å²) >= 11 is 0. The Kier molecular flexibility index (Phi) is 7.13. The number of benzene rings is 3. The molecule has 0 saturated carbocycles. The molecule has 1 atom stereocenters. The third-order valence-electron chi connectivity index (χ3n) is 6.71. The van der Waals surface area contributed by atoms with Crippen molar-refractivity contribution >= 4 is 22.5 Å². The van der Waals surface area contributed by atoms with E-state index in [1.165, 1.54) is 12.1 Å². The van der Waals surface area contributed by atoms with Crippen LogP contribution in [0.15, 0.2) is 72.8 Å². The van der Waals surface area contributed by atoms with E-state index >= 15 is 0 Å². The molecule has 1 aliphatic heterocycles. The summed E-state index contributed by atoms with van der Waals surface area (Å²) in [4.78, 5) is 17.1. The van der Waals surface area contributed by atoms with E-state index in [2.05, 4.69) is 25.9 Å². The molecule has 1 aromatic heterocycles. The number of hydrogen-bond donors (Lipinski definition) is 0. The Morgan fingerprint density at radius 3 is 2.39 bits per heavy atom. The summed E-state index contributed by atoms with van der Waals surface area (Å²) in [5, 5.41) is 20.2. The molecule has 2 heterocycles. The van der Waals surface area contributed by atoms with Crippen LogP contribution < -0.4 is 9.64 Å². The van der Waals surface area contributed by atoms with Gasteiger partial charge < -0.3 is 14.5 Å². The lowest BCUT2D eigenvalue weighted by molar-refractivity contribution is -0.132. The van der Waals surface area contributed by atoms with Gasteiger partial charge in [0.2, 0.25) is 5.91 Å². The summed E-state index contributed by atoms with van der Waals surface area (Å²) in [6.45, 7) is 0.853. The zero-order chi connectivity index (χ0) is 26.6. The number of carbonyl (C=O) groups excluding carboxylic acids is 1. The Balaban J connectivity index is 1.31. The predicted molar refractivity (Wildman–Crippen MR) is 140 cm³/mol. The number of fused-ring (bicyclic) bond motifs is 1. The number of hydrogen-bond acceptors (Lipinski definition) is 6. The van der Waals surface area contributed by atoms with Crippen LogP contribution in [0.2, 0.25) is 0 Å². The number of amides is 1. The van der Waals surface area contributed by atoms with Gasteiger partial charge in [-0.05, 0) is 36.8 Å². The van der Waals surface area contributed by atoms with E-state index in [1.807, 2.05) is 48.2 Å². The van der Waals surface area contributed by atoms with Gasteiger partial charge in [0.05, 0.1) is 18.1 Å². The number of aromatic nitrogens is 2. The van der Waals surface area contributed by atoms with Crippen LogP contribution in [0.25, 0.3) is 22.0 Å². The van der Waals surface area contributed by atoms with Gasteiger partial charge >= 0.3 is 6.61 Å². The number of rotatable bonds is 6. The lowest BCUT2D eigenvalue weighted by atomic mass is 10.0. The standard InChI is InChI=1S/C29H25F2N5O2/c1-19-18-35(14-15-36(19)26(37)16-20-8-12-23(13-9-20)38-29(30)31)28-25-5-3-2-4-24(25)27(33-34-28)22-10-6-21(17-32)7-11-22/h2-13,19,29H,14-16,18H2,1H3/t19-/m0/s1. The average Bonchev–Trinajstić information content (AvgIpc) is 2.93. The summed E-state index contributed by atoms with van der Waals surface area (Å²) in [5.74, 6) is 0.815. The fraction of sp³-hybridized carbons (Fsp3) is 0.241. The van der Waals surface area contributed by atoms with Gasteiger partial charge in [0.1, 0.15) is 11.4 Å². The molecular formula is C29H25F2N5O2. The third-order valence-corrected chi connectivity index (χ3v) is 6.71. The highest BCUT2D eigenvalue weighted by atomic mass is 19.3. The van der Waals surface area contributed by atoms with Gasteiger partial charge in [-0.3, -0.25) is 4.79 Å². The summed E-state index contributed by atoms with van der Waals surface area (Å²) in [6, 6.07) is 23.5. The molecule has 3 aromatic carbocycles. The second-order valence-corrected chi connectivity index (χ2v) is 9.19. The van der Waals surface area contributed by atoms with Crippen molar-refractivity contribution in [3.05, 3.63) is 83.9 Å². The molecule has 1 fully saturated rings. The van der Waals surface area contributed by atoms with Gasteiger partial charge in [0.15, 0.2) is 5.82 Å². The van der Waals surface area contributed by atoms with Crippen LogP contribution in [0.5, 0.6) is 5.75 Å². The van der Waals surface area contributed by atoms with Crippen molar-refractivity contribution in [1.82, 2.24) is 15.1 Å². The topological polar surface area (TPSA) is 82.4 Å². The predicted octanol–water partition coefficient (Wildman–Crippen LogP) is 5.05. The first kappa shape index (κ1) is 25.1. The Hall–Kier alpha value is -4.58. The molecule has 0 bridgehead atoms. The number of ether oxygens (including phenoxy) is 1. The zero-order valence-corrected chi connectivity index (χ0v) is 20.7. The van der Waals surface area contributed by atoms with Crippen LogP contribution in [0.3, 0.4) is 0 Å². The molecule has 192 valence electrons. The van der Waals surface area contributed by atoms with E-state index < -0.39 is 6.61 Å². The molecule has 1 saturated heterocycles. The lowest BCUT2D eigenvalue weighted by Crippen LogP contribution is -2.54. The molecule has 1 amide bonds. The van der Waals surface area contributed by atoms with E-state index in [4.69, 9.17) is 5.26 Å². The highest BCUT2D eigenvalue weighted by Gasteiger charge is 2.29. The molecule has 0 spiro atoms. The summed E-state index contributed by atoms with van der Waals surface area (Å²) < 4.78 is 29.1. The first-order valence-electron chi connectivity index (χ1n) is 12.3. The molecule has 0 N–H and O–H groups in total. The van der Waals surface area contributed by atoms with Crippen molar-refractivity contribution < 1.29 is 18.3 Å². The molecule has 4 aromatic rings. The van der Waals surface area contributed by atoms with Gasteiger partial charge in [-0.25, -0.2) is 0 Å². The maximum absolute atomic E-state index is 13.1. The maximum Gasteiger partial charge on any atom is 0.387 e. The number of nitriles is 1. The highest BCUT2D eigenvalue weighted by Crippen LogP contribution is 2.32. The van der Waals surface area contributed by atoms with Crippen molar-refractivity contribution in [2.75, 3.05) is 24.5 Å². The van der Waals surface area contributed by atoms with Crippen molar-refractivity contribution in [1.29, 1.82) is 5.26 Å². The summed E-state index contributed by atoms with van der Waals surface area (Å²) in [7, 11) is 0. The maximum atomic E-state index is 13.1. The molecule has 0 unspecified atom stereocenters. The molecule has 0 radical (unpaired) electrons. The minimum Gasteiger partial charge on any atom is -0.435 e. The van der Waals surface area contributed by atoms with Gasteiger partial charge in [-0.1, -0.05) is 48.5 Å². The van der Waals surface area contributed by atoms with Crippen molar-refractivity contribution in [3.63, 3.8) is 0 Å². The Labute approximate surface area is 218 Å². The average molecular weight is 514 g/mol. The van der Waals surface area contributed by atoms with Crippen LogP contribution in [-0.4, -0.2) is 53.3 Å². The van der Waals surface area contributed by atoms with E-state index in [1.54, 1.807) is 24.3 Å². The molecule has 38 heavy (non-hydrogen) atoms. The normalized spacial score (nSPS) is 15.5. The Bertz CT molecular complexity index is 1490. The van der Waals surface area contributed by atoms with Crippen molar-refractivity contribution in [2.45, 2.75) is 26.0 Å². The Morgan fingerprint density at radius 2 is 1.74 bits per heavy atom. The first-order valence-corrected chi connectivity index (χ1v) is 12.3. The zero-order valence-electron chi connectivity index (χ0n) is 20.7. The lowest BCUT2D eigenvalue weighted by Gasteiger charge is -2.40. The second-order valence-electron chi connectivity index (χ2n) is 9.19. The number of piperazine rings is 1. The van der Waals surface area contributed by atoms with Gasteiger partial charge in [-0.15, -0.1) is 10.2 Å². The van der Waals surface area contributed by atoms with Gasteiger partial charge in [0.25, 0.3) is 0 Å². The third kappa shape index (κ3) is 5.25. The van der Waals surface area contributed by atoms with Crippen LogP contribution in [0, 0.1) is 11.3 Å². The summed E-state index contributed by atoms with van der Waals surface area (Å²) in [6.07, 6.45) is 0.182. The van der Waals surface area contributed by atoms with Crippen LogP contribution in [-0.2, 0) is 11.2 Å². The van der Waals surface area contributed by atoms with Crippen LogP contribution in [0.1, 0.15) is 18.1 Å². The minimum absolute atomic E-state index is 0.0215. The fourth-order valence-corrected chi connectivity index (χ4v) is 4.82. The first-order chi connectivity index (χ1) is 18.4. The Morgan fingerprint density at radius 1 is 1.03 bits per heavy atom. The number of halogens is 2. The quantitative estimate of drug-likeness (QED) is 0.359. The monoisotopic (exact) mass is 513 g/mol. The number of anilines is 1. The minimum atomic E-state index is -2.88. The number of nitrogens with zero attached hydrogens (tertiary/aromatic N) is 5. The van der Waals surface area contributed by atoms with E-state index in [0.29, 0.717) is 25.2 Å². The van der Waals surface area contributed by atoms with E-state index in [0.717, 1.165) is 33.4 Å². The highest BCUT2D eigenvalue weighted by molar-refractivity contribution is 6.00. The fourth-order valence-electron chi connectivity index (χ4n) is 4.82. The number of carbonyl (C=O) groups is 1. The van der Waals surface area contributed by atoms with Crippen LogP contribution >= 0.6 is 0 Å². The molecule has 5 rings (SSSR count). The van der Waals surface area contributed by atoms with E-state index in [-0.39, 0.29) is 24.1 Å². The molecular weight excluding hydrogens is 488 g/mol. The second kappa shape index (κ2) is 10.8. The molecule has 0 aliphatic carbocycles. The summed E-state index contributed by atoms with van der Waals surface area (Å²) in [5.41, 5.74) is 2.96. The largest absolute Gasteiger partial charge is 0.435 e. The van der Waals surface area contributed by atoms with Crippen molar-refractivity contribution in [2.24, 2.45) is 0 Å². The van der Waals surface area contributed by atoms with E-state index in [9.17, 15) is 13.6 Å². The van der Waals surface area contributed by atoms with Crippen molar-refractivity contribution in [3.8, 4) is 23.1 Å². The SMILES string of the molecule is C[C@H]1CN(c2nnc(-c3ccc(C#N)cc3)c3ccccc23)CCN1C(=O)Cc1ccc(OC(F)F)cc1. The van der Waals surface area contributed by atoms with Gasteiger partial charge in [-0.2, -0.15) is 14.0 Å². The molecule has 1 aliphatic rings. The van der Waals surface area contributed by atoms with Gasteiger partial charge in [0, 0.05) is 42.0 Å². The molecule has 9 heteroatoms.